The van der Waals surface area contributed by atoms with Gasteiger partial charge in [0.05, 0.1) is 6.61 Å². The van der Waals surface area contributed by atoms with Gasteiger partial charge in [-0.05, 0) is 12.8 Å². The van der Waals surface area contributed by atoms with E-state index >= 15 is 0 Å². The summed E-state index contributed by atoms with van der Waals surface area (Å²) in [7, 11) is 0. The highest BCUT2D eigenvalue weighted by atomic mass is 16.3. The second-order valence-corrected chi connectivity index (χ2v) is 3.79. The number of nitrogens with zero attached hydrogens (tertiary/aromatic N) is 1. The van der Waals surface area contributed by atoms with Crippen LogP contribution < -0.4 is 5.32 Å². The number of amides is 1. The molecule has 4 heteroatoms. The standard InChI is InChI=1S/C9H16N2O2/c12-5-3-10-7-6-9(13)11-4-1-2-8(7)11/h7-8,10,12H,1-6H2. The summed E-state index contributed by atoms with van der Waals surface area (Å²) in [5.74, 6) is 0.276. The molecule has 74 valence electrons. The quantitative estimate of drug-likeness (QED) is 0.611. The van der Waals surface area contributed by atoms with E-state index in [1.807, 2.05) is 4.90 Å². The van der Waals surface area contributed by atoms with Crippen LogP contribution in [-0.4, -0.2) is 47.7 Å². The fourth-order valence-electron chi connectivity index (χ4n) is 2.42. The van der Waals surface area contributed by atoms with E-state index in [9.17, 15) is 4.79 Å². The number of carbonyl (C=O) groups excluding carboxylic acids is 1. The van der Waals surface area contributed by atoms with Gasteiger partial charge < -0.3 is 15.3 Å². The van der Waals surface area contributed by atoms with Crippen molar-refractivity contribution >= 4 is 5.91 Å². The van der Waals surface area contributed by atoms with Crippen LogP contribution in [0.15, 0.2) is 0 Å². The maximum atomic E-state index is 11.5. The molecule has 2 rings (SSSR count). The predicted octanol–water partition coefficient (Wildman–Crippen LogP) is -0.668. The number of aliphatic hydroxyl groups excluding tert-OH is 1. The Kier molecular flexibility index (Phi) is 2.51. The molecule has 2 unspecified atom stereocenters. The van der Waals surface area contributed by atoms with E-state index < -0.39 is 0 Å². The van der Waals surface area contributed by atoms with Gasteiger partial charge in [-0.25, -0.2) is 0 Å². The molecule has 1 amide bonds. The smallest absolute Gasteiger partial charge is 0.224 e. The van der Waals surface area contributed by atoms with Crippen LogP contribution >= 0.6 is 0 Å². The summed E-state index contributed by atoms with van der Waals surface area (Å²) in [4.78, 5) is 13.4. The molecule has 0 spiro atoms. The minimum atomic E-state index is 0.150. The van der Waals surface area contributed by atoms with Crippen molar-refractivity contribution in [2.24, 2.45) is 0 Å². The number of carbonyl (C=O) groups is 1. The van der Waals surface area contributed by atoms with Crippen LogP contribution in [0.25, 0.3) is 0 Å². The van der Waals surface area contributed by atoms with Crippen molar-refractivity contribution in [1.82, 2.24) is 10.2 Å². The Bertz CT molecular complexity index is 208. The molecule has 2 atom stereocenters. The van der Waals surface area contributed by atoms with Gasteiger partial charge in [0.25, 0.3) is 0 Å². The maximum absolute atomic E-state index is 11.5. The van der Waals surface area contributed by atoms with Gasteiger partial charge in [0.15, 0.2) is 0 Å². The van der Waals surface area contributed by atoms with Gasteiger partial charge in [-0.15, -0.1) is 0 Å². The van der Waals surface area contributed by atoms with Crippen molar-refractivity contribution in [3.05, 3.63) is 0 Å². The van der Waals surface area contributed by atoms with E-state index in [0.717, 1.165) is 19.4 Å². The zero-order chi connectivity index (χ0) is 9.26. The Labute approximate surface area is 77.9 Å². The molecule has 2 fully saturated rings. The molecule has 2 aliphatic heterocycles. The molecular weight excluding hydrogens is 168 g/mol. The number of nitrogens with one attached hydrogen (secondary N) is 1. The molecule has 2 N–H and O–H groups in total. The van der Waals surface area contributed by atoms with Gasteiger partial charge in [-0.3, -0.25) is 4.79 Å². The minimum absolute atomic E-state index is 0.150. The Balaban J connectivity index is 1.94. The average molecular weight is 184 g/mol. The Hall–Kier alpha value is -0.610. The molecule has 2 saturated heterocycles. The van der Waals surface area contributed by atoms with Crippen LogP contribution in [0.4, 0.5) is 0 Å². The largest absolute Gasteiger partial charge is 0.395 e. The lowest BCUT2D eigenvalue weighted by atomic mass is 10.1. The van der Waals surface area contributed by atoms with E-state index in [-0.39, 0.29) is 18.6 Å². The number of fused-ring (bicyclic) bond motifs is 1. The van der Waals surface area contributed by atoms with E-state index in [0.29, 0.717) is 19.0 Å². The van der Waals surface area contributed by atoms with E-state index in [1.54, 1.807) is 0 Å². The Morgan fingerprint density at radius 3 is 3.23 bits per heavy atom. The third kappa shape index (κ3) is 1.56. The molecule has 4 nitrogen and oxygen atoms in total. The van der Waals surface area contributed by atoms with Crippen molar-refractivity contribution in [1.29, 1.82) is 0 Å². The van der Waals surface area contributed by atoms with Crippen molar-refractivity contribution in [2.75, 3.05) is 19.7 Å². The molecule has 0 bridgehead atoms. The maximum Gasteiger partial charge on any atom is 0.224 e. The third-order valence-corrected chi connectivity index (χ3v) is 3.00. The normalized spacial score (nSPS) is 32.7. The fraction of sp³-hybridized carbons (Fsp3) is 0.889. The zero-order valence-corrected chi connectivity index (χ0v) is 7.70. The molecular formula is C9H16N2O2. The molecule has 0 aliphatic carbocycles. The fourth-order valence-corrected chi connectivity index (χ4v) is 2.42. The predicted molar refractivity (Wildman–Crippen MR) is 48.2 cm³/mol. The molecule has 2 heterocycles. The summed E-state index contributed by atoms with van der Waals surface area (Å²) in [5.41, 5.74) is 0. The van der Waals surface area contributed by atoms with Crippen LogP contribution in [-0.2, 0) is 4.79 Å². The molecule has 2 aliphatic rings. The molecule has 0 aromatic carbocycles. The highest BCUT2D eigenvalue weighted by molar-refractivity contribution is 5.80. The van der Waals surface area contributed by atoms with E-state index in [1.165, 1.54) is 0 Å². The summed E-state index contributed by atoms with van der Waals surface area (Å²) >= 11 is 0. The summed E-state index contributed by atoms with van der Waals surface area (Å²) < 4.78 is 0. The van der Waals surface area contributed by atoms with Crippen LogP contribution in [0.5, 0.6) is 0 Å². The van der Waals surface area contributed by atoms with Crippen molar-refractivity contribution in [3.63, 3.8) is 0 Å². The SMILES string of the molecule is O=C1CC(NCCO)C2CCCN12. The summed E-state index contributed by atoms with van der Waals surface area (Å²) in [6.07, 6.45) is 2.87. The Morgan fingerprint density at radius 2 is 2.46 bits per heavy atom. The second-order valence-electron chi connectivity index (χ2n) is 3.79. The van der Waals surface area contributed by atoms with E-state index in [2.05, 4.69) is 5.32 Å². The molecule has 0 radical (unpaired) electrons. The number of rotatable bonds is 3. The molecule has 0 saturated carbocycles. The van der Waals surface area contributed by atoms with Crippen LogP contribution in [0.2, 0.25) is 0 Å². The molecule has 13 heavy (non-hydrogen) atoms. The third-order valence-electron chi connectivity index (χ3n) is 3.00. The highest BCUT2D eigenvalue weighted by Crippen LogP contribution is 2.28. The van der Waals surface area contributed by atoms with Gasteiger partial charge >= 0.3 is 0 Å². The van der Waals surface area contributed by atoms with Crippen LogP contribution in [0.1, 0.15) is 19.3 Å². The minimum Gasteiger partial charge on any atom is -0.395 e. The first-order valence-corrected chi connectivity index (χ1v) is 4.96. The van der Waals surface area contributed by atoms with Gasteiger partial charge in [0, 0.05) is 31.6 Å². The first-order valence-electron chi connectivity index (χ1n) is 4.96. The van der Waals surface area contributed by atoms with Crippen molar-refractivity contribution < 1.29 is 9.90 Å². The van der Waals surface area contributed by atoms with Crippen LogP contribution in [0.3, 0.4) is 0 Å². The number of hydrogen-bond acceptors (Lipinski definition) is 3. The van der Waals surface area contributed by atoms with Crippen molar-refractivity contribution in [2.45, 2.75) is 31.3 Å². The first kappa shape index (κ1) is 8.97. The molecule has 0 aromatic heterocycles. The highest BCUT2D eigenvalue weighted by Gasteiger charge is 2.41. The number of hydrogen-bond donors (Lipinski definition) is 2. The lowest BCUT2D eigenvalue weighted by molar-refractivity contribution is -0.127. The summed E-state index contributed by atoms with van der Waals surface area (Å²) in [5, 5.41) is 11.9. The average Bonchev–Trinajstić information content (AvgIpc) is 2.67. The van der Waals surface area contributed by atoms with Gasteiger partial charge in [-0.2, -0.15) is 0 Å². The van der Waals surface area contributed by atoms with Gasteiger partial charge in [0.2, 0.25) is 5.91 Å². The monoisotopic (exact) mass is 184 g/mol. The zero-order valence-electron chi connectivity index (χ0n) is 7.70. The summed E-state index contributed by atoms with van der Waals surface area (Å²) in [6.45, 7) is 1.68. The summed E-state index contributed by atoms with van der Waals surface area (Å²) in [6, 6.07) is 0.682. The van der Waals surface area contributed by atoms with Crippen molar-refractivity contribution in [3.8, 4) is 0 Å². The number of aliphatic hydroxyl groups is 1. The Morgan fingerprint density at radius 1 is 1.62 bits per heavy atom. The van der Waals surface area contributed by atoms with E-state index in [4.69, 9.17) is 5.11 Å². The van der Waals surface area contributed by atoms with Crippen LogP contribution in [0, 0.1) is 0 Å². The topological polar surface area (TPSA) is 52.6 Å². The molecule has 0 aromatic rings. The lowest BCUT2D eigenvalue weighted by Gasteiger charge is -2.20. The second kappa shape index (κ2) is 3.64. The lowest BCUT2D eigenvalue weighted by Crippen LogP contribution is -2.40. The first-order chi connectivity index (χ1) is 6.33. The van der Waals surface area contributed by atoms with Gasteiger partial charge in [0.1, 0.15) is 0 Å². The van der Waals surface area contributed by atoms with Gasteiger partial charge in [-0.1, -0.05) is 0 Å².